The van der Waals surface area contributed by atoms with Crippen molar-refractivity contribution >= 4 is 5.69 Å². The lowest BCUT2D eigenvalue weighted by Crippen LogP contribution is -2.30. The van der Waals surface area contributed by atoms with Crippen molar-refractivity contribution in [2.24, 2.45) is 0 Å². The van der Waals surface area contributed by atoms with E-state index in [1.165, 1.54) is 12.0 Å². The van der Waals surface area contributed by atoms with E-state index in [1.807, 2.05) is 18.2 Å². The van der Waals surface area contributed by atoms with Crippen molar-refractivity contribution in [3.63, 3.8) is 0 Å². The highest BCUT2D eigenvalue weighted by molar-refractivity contribution is 5.50. The number of rotatable bonds is 5. The third kappa shape index (κ3) is 4.11. The van der Waals surface area contributed by atoms with Gasteiger partial charge in [0.2, 0.25) is 0 Å². The van der Waals surface area contributed by atoms with Gasteiger partial charge in [-0.25, -0.2) is 4.39 Å². The standard InChI is InChI=1S/C20H25FN2/c1-16(18-8-4-2-5-9-18)22-15-17-10-11-19(21)20(14-17)23-12-6-3-7-13-23/h2,4-5,8-11,14,16,22H,3,6-7,12-13,15H2,1H3. The van der Waals surface area contributed by atoms with Crippen LogP contribution in [0, 0.1) is 5.82 Å². The third-order valence-electron chi connectivity index (χ3n) is 4.62. The molecule has 122 valence electrons. The largest absolute Gasteiger partial charge is 0.369 e. The number of anilines is 1. The molecule has 1 aliphatic heterocycles. The van der Waals surface area contributed by atoms with E-state index in [2.05, 4.69) is 41.4 Å². The highest BCUT2D eigenvalue weighted by atomic mass is 19.1. The number of halogens is 1. The van der Waals surface area contributed by atoms with E-state index in [-0.39, 0.29) is 11.9 Å². The molecule has 23 heavy (non-hydrogen) atoms. The van der Waals surface area contributed by atoms with Crippen molar-refractivity contribution in [2.45, 2.75) is 38.8 Å². The Morgan fingerprint density at radius 3 is 2.52 bits per heavy atom. The molecule has 0 spiro atoms. The molecule has 1 unspecified atom stereocenters. The Bertz CT molecular complexity index is 621. The van der Waals surface area contributed by atoms with Gasteiger partial charge in [-0.1, -0.05) is 36.4 Å². The minimum absolute atomic E-state index is 0.105. The first-order valence-electron chi connectivity index (χ1n) is 8.56. The SMILES string of the molecule is CC(NCc1ccc(F)c(N2CCCCC2)c1)c1ccccc1. The molecule has 0 aliphatic carbocycles. The molecule has 0 radical (unpaired) electrons. The molecular weight excluding hydrogens is 287 g/mol. The first-order chi connectivity index (χ1) is 11.2. The molecular formula is C20H25FN2. The van der Waals surface area contributed by atoms with E-state index in [1.54, 1.807) is 6.07 Å². The molecule has 0 bridgehead atoms. The second-order valence-corrected chi connectivity index (χ2v) is 6.35. The predicted molar refractivity (Wildman–Crippen MR) is 94.2 cm³/mol. The molecule has 0 aromatic heterocycles. The summed E-state index contributed by atoms with van der Waals surface area (Å²) < 4.78 is 14.2. The normalized spacial score (nSPS) is 16.3. The molecule has 1 aliphatic rings. The number of benzene rings is 2. The van der Waals surface area contributed by atoms with E-state index < -0.39 is 0 Å². The highest BCUT2D eigenvalue weighted by Gasteiger charge is 2.15. The van der Waals surface area contributed by atoms with Crippen LogP contribution in [0.15, 0.2) is 48.5 Å². The summed E-state index contributed by atoms with van der Waals surface area (Å²) in [6, 6.07) is 16.2. The summed E-state index contributed by atoms with van der Waals surface area (Å²) in [4.78, 5) is 2.18. The first-order valence-corrected chi connectivity index (χ1v) is 8.56. The van der Waals surface area contributed by atoms with Crippen LogP contribution in [0.4, 0.5) is 10.1 Å². The van der Waals surface area contributed by atoms with Crippen molar-refractivity contribution in [2.75, 3.05) is 18.0 Å². The van der Waals surface area contributed by atoms with Gasteiger partial charge in [0.25, 0.3) is 0 Å². The van der Waals surface area contributed by atoms with Gasteiger partial charge in [0, 0.05) is 25.7 Å². The van der Waals surface area contributed by atoms with Gasteiger partial charge in [-0.05, 0) is 49.4 Å². The maximum atomic E-state index is 14.2. The molecule has 1 N–H and O–H groups in total. The summed E-state index contributed by atoms with van der Waals surface area (Å²) in [7, 11) is 0. The maximum absolute atomic E-state index is 14.2. The number of hydrogen-bond donors (Lipinski definition) is 1. The Morgan fingerprint density at radius 2 is 1.78 bits per heavy atom. The van der Waals surface area contributed by atoms with E-state index in [9.17, 15) is 4.39 Å². The van der Waals surface area contributed by atoms with Gasteiger partial charge in [-0.3, -0.25) is 0 Å². The van der Waals surface area contributed by atoms with Gasteiger partial charge in [0.05, 0.1) is 5.69 Å². The Balaban J connectivity index is 1.66. The summed E-state index contributed by atoms with van der Waals surface area (Å²) in [5.41, 5.74) is 3.16. The molecule has 1 atom stereocenters. The topological polar surface area (TPSA) is 15.3 Å². The Kier molecular flexibility index (Phi) is 5.29. The average Bonchev–Trinajstić information content (AvgIpc) is 2.62. The van der Waals surface area contributed by atoms with E-state index >= 15 is 0 Å². The van der Waals surface area contributed by atoms with Gasteiger partial charge in [0.15, 0.2) is 0 Å². The zero-order valence-corrected chi connectivity index (χ0v) is 13.8. The lowest BCUT2D eigenvalue weighted by Gasteiger charge is -2.29. The van der Waals surface area contributed by atoms with Gasteiger partial charge in [0.1, 0.15) is 5.82 Å². The van der Waals surface area contributed by atoms with Crippen LogP contribution in [0.25, 0.3) is 0 Å². The smallest absolute Gasteiger partial charge is 0.146 e. The zero-order chi connectivity index (χ0) is 16.1. The van der Waals surface area contributed by atoms with Crippen LogP contribution in [0.1, 0.15) is 43.4 Å². The lowest BCUT2D eigenvalue weighted by molar-refractivity contribution is 0.553. The van der Waals surface area contributed by atoms with Crippen LogP contribution < -0.4 is 10.2 Å². The van der Waals surface area contributed by atoms with Crippen LogP contribution in [0.2, 0.25) is 0 Å². The van der Waals surface area contributed by atoms with Crippen LogP contribution in [-0.4, -0.2) is 13.1 Å². The molecule has 0 saturated carbocycles. The molecule has 0 amide bonds. The fourth-order valence-electron chi connectivity index (χ4n) is 3.18. The minimum Gasteiger partial charge on any atom is -0.369 e. The monoisotopic (exact) mass is 312 g/mol. The summed E-state index contributed by atoms with van der Waals surface area (Å²) >= 11 is 0. The maximum Gasteiger partial charge on any atom is 0.146 e. The van der Waals surface area contributed by atoms with E-state index in [4.69, 9.17) is 0 Å². The summed E-state index contributed by atoms with van der Waals surface area (Å²) in [6.45, 7) is 4.84. The summed E-state index contributed by atoms with van der Waals surface area (Å²) in [6.07, 6.45) is 3.58. The number of piperidine rings is 1. The zero-order valence-electron chi connectivity index (χ0n) is 13.8. The van der Waals surface area contributed by atoms with Crippen LogP contribution >= 0.6 is 0 Å². The fourth-order valence-corrected chi connectivity index (χ4v) is 3.18. The Labute approximate surface area is 138 Å². The van der Waals surface area contributed by atoms with Gasteiger partial charge in [-0.15, -0.1) is 0 Å². The van der Waals surface area contributed by atoms with Crippen LogP contribution in [0.3, 0.4) is 0 Å². The molecule has 1 heterocycles. The van der Waals surface area contributed by atoms with Crippen molar-refractivity contribution in [1.82, 2.24) is 5.32 Å². The molecule has 2 aromatic carbocycles. The summed E-state index contributed by atoms with van der Waals surface area (Å²) in [5, 5.41) is 3.52. The quantitative estimate of drug-likeness (QED) is 0.863. The van der Waals surface area contributed by atoms with Crippen LogP contribution in [-0.2, 0) is 6.54 Å². The second-order valence-electron chi connectivity index (χ2n) is 6.35. The molecule has 1 fully saturated rings. The average molecular weight is 312 g/mol. The molecule has 2 nitrogen and oxygen atoms in total. The fraction of sp³-hybridized carbons (Fsp3) is 0.400. The van der Waals surface area contributed by atoms with Crippen molar-refractivity contribution < 1.29 is 4.39 Å². The molecule has 1 saturated heterocycles. The van der Waals surface area contributed by atoms with Gasteiger partial charge >= 0.3 is 0 Å². The second kappa shape index (κ2) is 7.60. The van der Waals surface area contributed by atoms with Crippen molar-refractivity contribution in [3.8, 4) is 0 Å². The molecule has 3 rings (SSSR count). The Morgan fingerprint density at radius 1 is 1.04 bits per heavy atom. The lowest BCUT2D eigenvalue weighted by atomic mass is 10.1. The predicted octanol–water partition coefficient (Wildman–Crippen LogP) is 4.67. The van der Waals surface area contributed by atoms with E-state index in [0.29, 0.717) is 0 Å². The highest BCUT2D eigenvalue weighted by Crippen LogP contribution is 2.25. The molecule has 2 aromatic rings. The van der Waals surface area contributed by atoms with Crippen molar-refractivity contribution in [3.05, 3.63) is 65.5 Å². The third-order valence-corrected chi connectivity index (χ3v) is 4.62. The summed E-state index contributed by atoms with van der Waals surface area (Å²) in [5.74, 6) is -0.105. The van der Waals surface area contributed by atoms with Crippen molar-refractivity contribution in [1.29, 1.82) is 0 Å². The van der Waals surface area contributed by atoms with Gasteiger partial charge < -0.3 is 10.2 Å². The van der Waals surface area contributed by atoms with Gasteiger partial charge in [-0.2, -0.15) is 0 Å². The number of nitrogens with one attached hydrogen (secondary N) is 1. The van der Waals surface area contributed by atoms with E-state index in [0.717, 1.165) is 43.7 Å². The number of nitrogens with zero attached hydrogens (tertiary/aromatic N) is 1. The number of hydrogen-bond acceptors (Lipinski definition) is 2. The Hall–Kier alpha value is -1.87. The first kappa shape index (κ1) is 16.0. The van der Waals surface area contributed by atoms with Crippen LogP contribution in [0.5, 0.6) is 0 Å². The minimum atomic E-state index is -0.105. The molecule has 3 heteroatoms.